The highest BCUT2D eigenvalue weighted by atomic mass is 79.9. The predicted molar refractivity (Wildman–Crippen MR) is 88.5 cm³/mol. The van der Waals surface area contributed by atoms with Gasteiger partial charge >= 0.3 is 0 Å². The first-order valence-corrected chi connectivity index (χ1v) is 8.06. The molecule has 1 aromatic carbocycles. The van der Waals surface area contributed by atoms with Crippen LogP contribution in [0.1, 0.15) is 15.2 Å². The average Bonchev–Trinajstić information content (AvgIpc) is 2.88. The molecule has 0 unspecified atom stereocenters. The fourth-order valence-corrected chi connectivity index (χ4v) is 3.17. The molecular weight excluding hydrogens is 354 g/mol. The number of carbonyl (C=O) groups excluding carboxylic acids is 1. The van der Waals surface area contributed by atoms with Gasteiger partial charge in [0, 0.05) is 11.6 Å². The Kier molecular flexibility index (Phi) is 5.78. The Morgan fingerprint density at radius 2 is 2.14 bits per heavy atom. The fourth-order valence-electron chi connectivity index (χ4n) is 1.72. The smallest absolute Gasteiger partial charge is 0.266 e. The van der Waals surface area contributed by atoms with E-state index in [4.69, 9.17) is 9.47 Å². The number of anilines is 1. The van der Waals surface area contributed by atoms with E-state index in [-0.39, 0.29) is 5.91 Å². The zero-order chi connectivity index (χ0) is 15.2. The Morgan fingerprint density at radius 1 is 1.33 bits per heavy atom. The lowest BCUT2D eigenvalue weighted by molar-refractivity contribution is 0.102. The molecule has 0 radical (unpaired) electrons. The Hall–Kier alpha value is -1.37. The summed E-state index contributed by atoms with van der Waals surface area (Å²) in [6.07, 6.45) is 0. The van der Waals surface area contributed by atoms with Crippen LogP contribution in [0.15, 0.2) is 34.1 Å². The van der Waals surface area contributed by atoms with Crippen molar-refractivity contribution in [3.05, 3.63) is 44.6 Å². The van der Waals surface area contributed by atoms with Crippen LogP contribution in [0, 0.1) is 6.92 Å². The molecule has 2 aromatic rings. The molecule has 0 fully saturated rings. The van der Waals surface area contributed by atoms with Crippen LogP contribution in [0.25, 0.3) is 0 Å². The Balaban J connectivity index is 2.15. The second-order valence-electron chi connectivity index (χ2n) is 4.39. The second-order valence-corrected chi connectivity index (χ2v) is 6.16. The van der Waals surface area contributed by atoms with Gasteiger partial charge in [-0.1, -0.05) is 6.07 Å². The van der Waals surface area contributed by atoms with Crippen LogP contribution in [0.3, 0.4) is 0 Å². The Morgan fingerprint density at radius 3 is 2.81 bits per heavy atom. The second kappa shape index (κ2) is 7.59. The normalized spacial score (nSPS) is 10.4. The average molecular weight is 370 g/mol. The number of benzene rings is 1. The number of aryl methyl sites for hydroxylation is 1. The van der Waals surface area contributed by atoms with Crippen LogP contribution in [-0.2, 0) is 4.74 Å². The first-order chi connectivity index (χ1) is 10.1. The van der Waals surface area contributed by atoms with Crippen LogP contribution in [0.5, 0.6) is 5.75 Å². The van der Waals surface area contributed by atoms with Gasteiger partial charge < -0.3 is 14.8 Å². The fraction of sp³-hybridized carbons (Fsp3) is 0.267. The Bertz CT molecular complexity index is 627. The molecule has 6 heteroatoms. The molecule has 1 amide bonds. The summed E-state index contributed by atoms with van der Waals surface area (Å²) in [4.78, 5) is 12.9. The SMILES string of the molecule is COCCOc1cc(C)ccc1NC(=O)c1sccc1Br. The molecule has 0 aliphatic heterocycles. The lowest BCUT2D eigenvalue weighted by Crippen LogP contribution is -2.13. The van der Waals surface area contributed by atoms with Crippen molar-refractivity contribution in [1.29, 1.82) is 0 Å². The molecule has 4 nitrogen and oxygen atoms in total. The van der Waals surface area contributed by atoms with Crippen molar-refractivity contribution in [1.82, 2.24) is 0 Å². The zero-order valence-electron chi connectivity index (χ0n) is 11.8. The number of amides is 1. The molecule has 1 heterocycles. The third-order valence-electron chi connectivity index (χ3n) is 2.75. The molecule has 112 valence electrons. The van der Waals surface area contributed by atoms with Crippen LogP contribution >= 0.6 is 27.3 Å². The van der Waals surface area contributed by atoms with Crippen LogP contribution in [0.2, 0.25) is 0 Å². The van der Waals surface area contributed by atoms with Crippen molar-refractivity contribution in [3.63, 3.8) is 0 Å². The first kappa shape index (κ1) is 16.0. The number of halogens is 1. The van der Waals surface area contributed by atoms with Gasteiger partial charge in [-0.2, -0.15) is 0 Å². The number of rotatable bonds is 6. The van der Waals surface area contributed by atoms with E-state index in [1.54, 1.807) is 7.11 Å². The van der Waals surface area contributed by atoms with Gasteiger partial charge in [-0.15, -0.1) is 11.3 Å². The van der Waals surface area contributed by atoms with Gasteiger partial charge in [-0.25, -0.2) is 0 Å². The summed E-state index contributed by atoms with van der Waals surface area (Å²) in [5.41, 5.74) is 1.72. The number of methoxy groups -OCH3 is 1. The molecule has 2 rings (SSSR count). The number of hydrogen-bond acceptors (Lipinski definition) is 4. The first-order valence-electron chi connectivity index (χ1n) is 6.38. The highest BCUT2D eigenvalue weighted by Crippen LogP contribution is 2.28. The summed E-state index contributed by atoms with van der Waals surface area (Å²) in [5, 5.41) is 4.75. The van der Waals surface area contributed by atoms with Crippen molar-refractivity contribution in [2.24, 2.45) is 0 Å². The maximum atomic E-state index is 12.3. The van der Waals surface area contributed by atoms with E-state index >= 15 is 0 Å². The summed E-state index contributed by atoms with van der Waals surface area (Å²) < 4.78 is 11.4. The largest absolute Gasteiger partial charge is 0.489 e. The third kappa shape index (κ3) is 4.30. The summed E-state index contributed by atoms with van der Waals surface area (Å²) in [6, 6.07) is 7.53. The van der Waals surface area contributed by atoms with Crippen molar-refractivity contribution >= 4 is 38.9 Å². The van der Waals surface area contributed by atoms with Gasteiger partial charge in [0.15, 0.2) is 0 Å². The highest BCUT2D eigenvalue weighted by Gasteiger charge is 2.14. The van der Waals surface area contributed by atoms with E-state index in [1.165, 1.54) is 11.3 Å². The van der Waals surface area contributed by atoms with Crippen molar-refractivity contribution < 1.29 is 14.3 Å². The van der Waals surface area contributed by atoms with E-state index in [0.29, 0.717) is 29.5 Å². The van der Waals surface area contributed by atoms with Crippen molar-refractivity contribution in [2.75, 3.05) is 25.6 Å². The quantitative estimate of drug-likeness (QED) is 0.779. The maximum Gasteiger partial charge on any atom is 0.266 e. The zero-order valence-corrected chi connectivity index (χ0v) is 14.2. The van der Waals surface area contributed by atoms with Crippen molar-refractivity contribution in [3.8, 4) is 5.75 Å². The van der Waals surface area contributed by atoms with Crippen molar-refractivity contribution in [2.45, 2.75) is 6.92 Å². The van der Waals surface area contributed by atoms with Crippen LogP contribution in [0.4, 0.5) is 5.69 Å². The maximum absolute atomic E-state index is 12.3. The molecular formula is C15H16BrNO3S. The lowest BCUT2D eigenvalue weighted by Gasteiger charge is -2.13. The molecule has 1 aromatic heterocycles. The molecule has 0 saturated carbocycles. The van der Waals surface area contributed by atoms with E-state index in [0.717, 1.165) is 10.0 Å². The third-order valence-corrected chi connectivity index (χ3v) is 4.59. The van der Waals surface area contributed by atoms with E-state index in [1.807, 2.05) is 36.6 Å². The standard InChI is InChI=1S/C15H16BrNO3S/c1-10-3-4-12(13(9-10)20-7-6-19-2)17-15(18)14-11(16)5-8-21-14/h3-5,8-9H,6-7H2,1-2H3,(H,17,18). The minimum atomic E-state index is -0.155. The molecule has 21 heavy (non-hydrogen) atoms. The van der Waals surface area contributed by atoms with Gasteiger partial charge in [0.25, 0.3) is 5.91 Å². The predicted octanol–water partition coefficient (Wildman–Crippen LogP) is 4.10. The summed E-state index contributed by atoms with van der Waals surface area (Å²) >= 11 is 4.75. The minimum absolute atomic E-state index is 0.155. The van der Waals surface area contributed by atoms with Gasteiger partial charge in [-0.3, -0.25) is 4.79 Å². The van der Waals surface area contributed by atoms with Gasteiger partial charge in [0.05, 0.1) is 12.3 Å². The van der Waals surface area contributed by atoms with Gasteiger partial charge in [0.2, 0.25) is 0 Å². The molecule has 0 aliphatic rings. The van der Waals surface area contributed by atoms with Gasteiger partial charge in [0.1, 0.15) is 17.2 Å². The van der Waals surface area contributed by atoms with E-state index in [2.05, 4.69) is 21.2 Å². The molecule has 0 bridgehead atoms. The summed E-state index contributed by atoms with van der Waals surface area (Å²) in [5.74, 6) is 0.491. The highest BCUT2D eigenvalue weighted by molar-refractivity contribution is 9.10. The molecule has 0 aliphatic carbocycles. The topological polar surface area (TPSA) is 47.6 Å². The van der Waals surface area contributed by atoms with Crippen LogP contribution in [-0.4, -0.2) is 26.2 Å². The Labute approximate surface area is 136 Å². The monoisotopic (exact) mass is 369 g/mol. The number of thiophene rings is 1. The number of ether oxygens (including phenoxy) is 2. The molecule has 1 N–H and O–H groups in total. The van der Waals surface area contributed by atoms with Crippen LogP contribution < -0.4 is 10.1 Å². The summed E-state index contributed by atoms with van der Waals surface area (Å²) in [7, 11) is 1.62. The van der Waals surface area contributed by atoms with E-state index in [9.17, 15) is 4.79 Å². The molecule has 0 saturated heterocycles. The lowest BCUT2D eigenvalue weighted by atomic mass is 10.2. The minimum Gasteiger partial charge on any atom is -0.489 e. The molecule has 0 atom stereocenters. The number of nitrogens with one attached hydrogen (secondary N) is 1. The number of hydrogen-bond donors (Lipinski definition) is 1. The molecule has 0 spiro atoms. The van der Waals surface area contributed by atoms with Gasteiger partial charge in [-0.05, 0) is 52.0 Å². The number of carbonyl (C=O) groups is 1. The van der Waals surface area contributed by atoms with E-state index < -0.39 is 0 Å². The summed E-state index contributed by atoms with van der Waals surface area (Å²) in [6.45, 7) is 2.91.